The lowest BCUT2D eigenvalue weighted by Gasteiger charge is -2.50. The fourth-order valence-corrected chi connectivity index (χ4v) is 13.8. The number of methoxy groups -OCH3 is 2. The van der Waals surface area contributed by atoms with Gasteiger partial charge in [-0.1, -0.05) is 39.8 Å². The quantitative estimate of drug-likeness (QED) is 0.141. The molecule has 4 aromatic heterocycles. The molecule has 26 heteroatoms. The number of likely N-dealkylation sites (N-methyl/N-ethyl adjacent to an activating group) is 1. The van der Waals surface area contributed by atoms with Crippen molar-refractivity contribution in [3.8, 4) is 45.1 Å². The van der Waals surface area contributed by atoms with Crippen molar-refractivity contribution in [1.29, 1.82) is 0 Å². The van der Waals surface area contributed by atoms with Crippen LogP contribution < -0.4 is 40.6 Å². The molecule has 0 unspecified atom stereocenters. The minimum absolute atomic E-state index is 0.0196. The van der Waals surface area contributed by atoms with Crippen molar-refractivity contribution in [2.45, 2.75) is 144 Å². The van der Waals surface area contributed by atoms with Crippen molar-refractivity contribution in [3.63, 3.8) is 0 Å². The molecule has 4 atom stereocenters. The van der Waals surface area contributed by atoms with Crippen molar-refractivity contribution in [2.24, 2.45) is 0 Å². The van der Waals surface area contributed by atoms with Crippen molar-refractivity contribution in [1.82, 2.24) is 28.9 Å². The molecule has 8 aromatic rings. The van der Waals surface area contributed by atoms with Gasteiger partial charge in [-0.3, -0.25) is 38.3 Å². The van der Waals surface area contributed by atoms with Crippen molar-refractivity contribution >= 4 is 68.6 Å². The number of piperazine rings is 2. The normalized spacial score (nSPS) is 17.6. The molecule has 8 heterocycles. The van der Waals surface area contributed by atoms with E-state index in [4.69, 9.17) is 18.9 Å². The maximum absolute atomic E-state index is 17.5. The van der Waals surface area contributed by atoms with Crippen LogP contribution in [0.15, 0.2) is 82.6 Å². The Morgan fingerprint density at radius 1 is 0.545 bits per heavy atom. The summed E-state index contributed by atoms with van der Waals surface area (Å²) in [5.74, 6) is -8.20. The predicted molar refractivity (Wildman–Crippen MR) is 365 cm³/mol. The number of nitrogens with zero attached hydrogens (tertiary/aromatic N) is 9. The SMILES string of the molecule is COc1cccc(F)c1-c1c(F)cc2c3c(c(=O)n(-c4c(C)ccnc4C(C)C)c2c1F)N(C)C(=O)[C@H]1CN(C(=O)OC(C)(C)C)[C@H](C)CN31.COc1cccc(F)c1-c1c(F)cc2c3c(c(=O)n(-c4c(C)ccnc4C(C)C)c2c1F)NC(=O)[C@H]1CN(C(=O)OC(C)(C)C)[C@H](C)CN31. The Balaban J connectivity index is 0.000000200. The Labute approximate surface area is 567 Å². The van der Waals surface area contributed by atoms with Crippen LogP contribution in [0, 0.1) is 48.8 Å². The lowest BCUT2D eigenvalue weighted by molar-refractivity contribution is -0.121. The first-order valence-corrected chi connectivity index (χ1v) is 32.4. The van der Waals surface area contributed by atoms with Gasteiger partial charge in [-0.2, -0.15) is 0 Å². The summed E-state index contributed by atoms with van der Waals surface area (Å²) in [7, 11) is 3.95. The van der Waals surface area contributed by atoms with E-state index in [2.05, 4.69) is 15.3 Å². The zero-order chi connectivity index (χ0) is 72.2. The molecule has 0 radical (unpaired) electrons. The number of aryl methyl sites for hydroxylation is 2. The smallest absolute Gasteiger partial charge is 0.410 e. The molecule has 0 aliphatic carbocycles. The average molecular weight is 1370 g/mol. The fraction of sp³-hybridized carbons (Fsp3) is 0.397. The first-order chi connectivity index (χ1) is 46.5. The number of amides is 4. The molecule has 4 aliphatic rings. The number of carbonyl (C=O) groups is 4. The summed E-state index contributed by atoms with van der Waals surface area (Å²) in [6.45, 7) is 24.7. The molecule has 2 fully saturated rings. The summed E-state index contributed by atoms with van der Waals surface area (Å²) >= 11 is 0. The van der Waals surface area contributed by atoms with E-state index in [1.54, 1.807) is 104 Å². The number of anilines is 4. The summed E-state index contributed by atoms with van der Waals surface area (Å²) in [6, 6.07) is 10.0. The Kier molecular flexibility index (Phi) is 18.4. The second-order valence-electron chi connectivity index (χ2n) is 27.9. The topological polar surface area (TPSA) is 203 Å². The van der Waals surface area contributed by atoms with Crippen molar-refractivity contribution in [2.75, 3.05) is 67.5 Å². The fourth-order valence-electron chi connectivity index (χ4n) is 13.8. The molecule has 1 N–H and O–H groups in total. The van der Waals surface area contributed by atoms with E-state index < -0.39 is 128 Å². The maximum atomic E-state index is 17.5. The Morgan fingerprint density at radius 2 is 0.960 bits per heavy atom. The highest BCUT2D eigenvalue weighted by Gasteiger charge is 2.49. The molecule has 12 rings (SSSR count). The van der Waals surface area contributed by atoms with E-state index in [0.717, 1.165) is 33.4 Å². The average Bonchev–Trinajstić information content (AvgIpc) is 0.705. The second kappa shape index (κ2) is 25.9. The highest BCUT2D eigenvalue weighted by Crippen LogP contribution is 2.49. The van der Waals surface area contributed by atoms with Gasteiger partial charge in [0.2, 0.25) is 5.91 Å². The van der Waals surface area contributed by atoms with Gasteiger partial charge in [-0.15, -0.1) is 0 Å². The molecule has 4 amide bonds. The van der Waals surface area contributed by atoms with E-state index >= 15 is 26.3 Å². The van der Waals surface area contributed by atoms with Crippen LogP contribution in [0.25, 0.3) is 55.4 Å². The summed E-state index contributed by atoms with van der Waals surface area (Å²) in [6.07, 6.45) is 1.92. The van der Waals surface area contributed by atoms with Gasteiger partial charge in [0.25, 0.3) is 17.0 Å². The standard InChI is InChI=1S/C37H40F3N5O5.C36H38F3N5O5/c1-18(2)29-30(19(3)13-14-41-29)45-31-21(15-23(39)27(28(31)40)26-22(38)11-10-12-25(26)49-9)32-33(35(45)47)42(8)34(46)24-17-43(20(4)16-44(24)32)36(48)50-37(5,6)7;1-17(2)28-30(18(3)12-13-40-28)44-31-20(14-22(38)26(27(31)39)25-21(37)10-9-11-24(25)48-8)32-29(34(44)46)41-33(45)23-16-42(19(4)15-43(23)32)35(47)49-36(5,6)7/h10-15,18,20,24H,16-17H2,1-9H3;9-14,17,19,23H,15-16H2,1-8H3,(H,41,45)/t20-,24-;19-,23-/m11/s1. The molecule has 20 nitrogen and oxygen atoms in total. The molecule has 0 bridgehead atoms. The van der Waals surface area contributed by atoms with Crippen LogP contribution in [0.2, 0.25) is 0 Å². The zero-order valence-electron chi connectivity index (χ0n) is 58.1. The third-order valence-electron chi connectivity index (χ3n) is 18.2. The molecule has 99 heavy (non-hydrogen) atoms. The lowest BCUT2D eigenvalue weighted by Crippen LogP contribution is -2.66. The minimum atomic E-state index is -1.20. The first-order valence-electron chi connectivity index (χ1n) is 32.4. The maximum Gasteiger partial charge on any atom is 0.410 e. The van der Waals surface area contributed by atoms with Gasteiger partial charge >= 0.3 is 12.2 Å². The number of hydrogen-bond acceptors (Lipinski definition) is 14. The van der Waals surface area contributed by atoms with Crippen molar-refractivity contribution in [3.05, 3.63) is 151 Å². The third kappa shape index (κ3) is 12.0. The number of benzene rings is 4. The van der Waals surface area contributed by atoms with E-state index in [-0.39, 0.29) is 105 Å². The number of hydrogen-bond donors (Lipinski definition) is 1. The summed E-state index contributed by atoms with van der Waals surface area (Å²) < 4.78 is 123. The number of nitrogens with one attached hydrogen (secondary N) is 1. The summed E-state index contributed by atoms with van der Waals surface area (Å²) in [5, 5.41) is 2.64. The van der Waals surface area contributed by atoms with Crippen molar-refractivity contribution < 1.29 is 64.5 Å². The number of carbonyl (C=O) groups excluding carboxylic acids is 4. The van der Waals surface area contributed by atoms with E-state index in [0.29, 0.717) is 22.5 Å². The van der Waals surface area contributed by atoms with Gasteiger partial charge in [-0.25, -0.2) is 35.9 Å². The molecular weight excluding hydrogens is 1290 g/mol. The van der Waals surface area contributed by atoms with Crippen LogP contribution in [-0.4, -0.2) is 136 Å². The number of rotatable bonds is 8. The Bertz CT molecular complexity index is 4810. The first kappa shape index (κ1) is 70.2. The van der Waals surface area contributed by atoms with Gasteiger partial charge in [-0.05, 0) is 141 Å². The van der Waals surface area contributed by atoms with E-state index in [1.807, 2.05) is 27.7 Å². The molecule has 4 aromatic carbocycles. The van der Waals surface area contributed by atoms with Gasteiger partial charge in [0.1, 0.15) is 69.4 Å². The Hall–Kier alpha value is -10.1. The van der Waals surface area contributed by atoms with Crippen LogP contribution in [-0.2, 0) is 19.1 Å². The third-order valence-corrected chi connectivity index (χ3v) is 18.2. The van der Waals surface area contributed by atoms with Gasteiger partial charge in [0.15, 0.2) is 11.6 Å². The molecule has 2 saturated heterocycles. The zero-order valence-corrected chi connectivity index (χ0v) is 58.1. The number of pyridine rings is 4. The number of fused-ring (bicyclic) bond motifs is 10. The van der Waals surface area contributed by atoms with Gasteiger partial charge in [0, 0.05) is 55.4 Å². The van der Waals surface area contributed by atoms with E-state index in [1.165, 1.54) is 60.2 Å². The molecular formula is C73H78F6N10O10. The summed E-state index contributed by atoms with van der Waals surface area (Å²) in [5.41, 5.74) is -3.57. The lowest BCUT2D eigenvalue weighted by atomic mass is 9.95. The second-order valence-corrected chi connectivity index (χ2v) is 27.9. The van der Waals surface area contributed by atoms with E-state index in [9.17, 15) is 28.8 Å². The molecule has 0 spiro atoms. The van der Waals surface area contributed by atoms with Gasteiger partial charge < -0.3 is 48.8 Å². The van der Waals surface area contributed by atoms with Crippen LogP contribution in [0.4, 0.5) is 58.7 Å². The number of ether oxygens (including phenoxy) is 4. The molecule has 522 valence electrons. The molecule has 4 aliphatic heterocycles. The molecule has 0 saturated carbocycles. The number of halogens is 6. The van der Waals surface area contributed by atoms with Crippen LogP contribution in [0.3, 0.4) is 0 Å². The van der Waals surface area contributed by atoms with Gasteiger partial charge in [0.05, 0.1) is 94.7 Å². The highest BCUT2D eigenvalue weighted by atomic mass is 19.2. The highest BCUT2D eigenvalue weighted by molar-refractivity contribution is 6.14. The van der Waals surface area contributed by atoms with Crippen LogP contribution >= 0.6 is 0 Å². The Morgan fingerprint density at radius 3 is 1.38 bits per heavy atom. The van der Waals surface area contributed by atoms with Crippen LogP contribution in [0.1, 0.15) is 117 Å². The summed E-state index contributed by atoms with van der Waals surface area (Å²) in [4.78, 5) is 100. The number of aromatic nitrogens is 4. The largest absolute Gasteiger partial charge is 0.496 e. The van der Waals surface area contributed by atoms with Crippen LogP contribution in [0.5, 0.6) is 11.5 Å². The predicted octanol–water partition coefficient (Wildman–Crippen LogP) is 13.4. The monoisotopic (exact) mass is 1370 g/mol. The minimum Gasteiger partial charge on any atom is -0.496 e.